The first-order valence-corrected chi connectivity index (χ1v) is 7.38. The normalized spacial score (nSPS) is 24.6. The van der Waals surface area contributed by atoms with E-state index in [1.54, 1.807) is 18.2 Å². The second-order valence-electron chi connectivity index (χ2n) is 5.78. The summed E-state index contributed by atoms with van der Waals surface area (Å²) in [5, 5.41) is 3.43. The first-order chi connectivity index (χ1) is 9.38. The highest BCUT2D eigenvalue weighted by atomic mass is 35.5. The number of anilines is 2. The molecular weight excluding hydrogens is 274 g/mol. The van der Waals surface area contributed by atoms with E-state index in [1.165, 1.54) is 0 Å². The average molecular weight is 296 g/mol. The molecule has 3 N–H and O–H groups in total. The number of likely N-dealkylation sites (tertiary alicyclic amines) is 1. The van der Waals surface area contributed by atoms with E-state index in [0.717, 1.165) is 13.0 Å². The summed E-state index contributed by atoms with van der Waals surface area (Å²) in [5.74, 6) is 0.594. The van der Waals surface area contributed by atoms with Crippen molar-refractivity contribution >= 4 is 28.9 Å². The minimum Gasteiger partial charge on any atom is -0.397 e. The quantitative estimate of drug-likeness (QED) is 0.843. The van der Waals surface area contributed by atoms with Gasteiger partial charge >= 0.3 is 0 Å². The van der Waals surface area contributed by atoms with Gasteiger partial charge in [-0.15, -0.1) is 0 Å². The molecule has 0 bridgehead atoms. The molecule has 0 spiro atoms. The maximum absolute atomic E-state index is 12.4. The number of benzene rings is 1. The Morgan fingerprint density at radius 2 is 2.20 bits per heavy atom. The lowest BCUT2D eigenvalue weighted by Gasteiger charge is -2.27. The largest absolute Gasteiger partial charge is 0.397 e. The molecule has 3 unspecified atom stereocenters. The van der Waals surface area contributed by atoms with Crippen molar-refractivity contribution in [3.63, 3.8) is 0 Å². The lowest BCUT2D eigenvalue weighted by molar-refractivity contribution is -0.121. The molecule has 1 heterocycles. The van der Waals surface area contributed by atoms with E-state index in [1.807, 2.05) is 6.92 Å². The molecule has 3 atom stereocenters. The predicted octanol–water partition coefficient (Wildman–Crippen LogP) is 2.98. The van der Waals surface area contributed by atoms with Crippen LogP contribution in [0.2, 0.25) is 5.02 Å². The molecular formula is C15H22ClN3O. The SMILES string of the molecule is CC1CC(C)N(C(C)C(=O)Nc2cc(Cl)ccc2N)C1. The molecule has 1 amide bonds. The number of hydrogen-bond acceptors (Lipinski definition) is 3. The fourth-order valence-corrected chi connectivity index (χ4v) is 3.07. The van der Waals surface area contributed by atoms with Crippen molar-refractivity contribution in [2.24, 2.45) is 5.92 Å². The highest BCUT2D eigenvalue weighted by Crippen LogP contribution is 2.26. The molecule has 0 radical (unpaired) electrons. The van der Waals surface area contributed by atoms with Crippen molar-refractivity contribution in [2.45, 2.75) is 39.3 Å². The number of hydrogen-bond donors (Lipinski definition) is 2. The summed E-state index contributed by atoms with van der Waals surface area (Å²) < 4.78 is 0. The van der Waals surface area contributed by atoms with Gasteiger partial charge in [0.2, 0.25) is 5.91 Å². The van der Waals surface area contributed by atoms with E-state index in [2.05, 4.69) is 24.1 Å². The Balaban J connectivity index is 2.06. The molecule has 1 aliphatic rings. The van der Waals surface area contributed by atoms with Crippen LogP contribution in [0.4, 0.5) is 11.4 Å². The van der Waals surface area contributed by atoms with Crippen LogP contribution in [-0.4, -0.2) is 29.4 Å². The van der Waals surface area contributed by atoms with Crippen LogP contribution < -0.4 is 11.1 Å². The molecule has 1 aromatic rings. The molecule has 0 aliphatic carbocycles. The van der Waals surface area contributed by atoms with Gasteiger partial charge in [-0.3, -0.25) is 9.69 Å². The van der Waals surface area contributed by atoms with Crippen molar-refractivity contribution in [1.29, 1.82) is 0 Å². The van der Waals surface area contributed by atoms with Gasteiger partial charge in [0.15, 0.2) is 0 Å². The maximum Gasteiger partial charge on any atom is 0.241 e. The topological polar surface area (TPSA) is 58.4 Å². The van der Waals surface area contributed by atoms with Gasteiger partial charge in [0, 0.05) is 17.6 Å². The lowest BCUT2D eigenvalue weighted by atomic mass is 10.1. The molecule has 0 saturated carbocycles. The fourth-order valence-electron chi connectivity index (χ4n) is 2.90. The van der Waals surface area contributed by atoms with Crippen molar-refractivity contribution in [3.05, 3.63) is 23.2 Å². The summed E-state index contributed by atoms with van der Waals surface area (Å²) in [7, 11) is 0. The zero-order valence-corrected chi connectivity index (χ0v) is 12.9. The summed E-state index contributed by atoms with van der Waals surface area (Å²) in [6, 6.07) is 5.34. The van der Waals surface area contributed by atoms with Gasteiger partial charge in [-0.05, 0) is 44.4 Å². The van der Waals surface area contributed by atoms with Crippen LogP contribution >= 0.6 is 11.6 Å². The minimum atomic E-state index is -0.173. The smallest absolute Gasteiger partial charge is 0.241 e. The van der Waals surface area contributed by atoms with Crippen molar-refractivity contribution in [3.8, 4) is 0 Å². The first kappa shape index (κ1) is 15.1. The average Bonchev–Trinajstić information content (AvgIpc) is 2.72. The fraction of sp³-hybridized carbons (Fsp3) is 0.533. The third-order valence-corrected chi connectivity index (χ3v) is 4.22. The van der Waals surface area contributed by atoms with Gasteiger partial charge < -0.3 is 11.1 Å². The highest BCUT2D eigenvalue weighted by molar-refractivity contribution is 6.31. The third kappa shape index (κ3) is 3.25. The minimum absolute atomic E-state index is 0.0417. The Morgan fingerprint density at radius 1 is 1.50 bits per heavy atom. The molecule has 110 valence electrons. The van der Waals surface area contributed by atoms with Crippen molar-refractivity contribution in [1.82, 2.24) is 4.90 Å². The molecule has 1 saturated heterocycles. The molecule has 20 heavy (non-hydrogen) atoms. The predicted molar refractivity (Wildman–Crippen MR) is 83.9 cm³/mol. The van der Waals surface area contributed by atoms with E-state index in [-0.39, 0.29) is 11.9 Å². The lowest BCUT2D eigenvalue weighted by Crippen LogP contribution is -2.43. The summed E-state index contributed by atoms with van der Waals surface area (Å²) in [6.45, 7) is 7.28. The summed E-state index contributed by atoms with van der Waals surface area (Å²) in [6.07, 6.45) is 1.14. The van der Waals surface area contributed by atoms with Gasteiger partial charge in [-0.1, -0.05) is 18.5 Å². The molecule has 5 heteroatoms. The van der Waals surface area contributed by atoms with Gasteiger partial charge in [0.1, 0.15) is 0 Å². The van der Waals surface area contributed by atoms with E-state index < -0.39 is 0 Å². The molecule has 2 rings (SSSR count). The number of amides is 1. The number of rotatable bonds is 3. The van der Waals surface area contributed by atoms with Crippen LogP contribution in [0.15, 0.2) is 18.2 Å². The van der Waals surface area contributed by atoms with Crippen molar-refractivity contribution < 1.29 is 4.79 Å². The molecule has 0 aromatic heterocycles. The van der Waals surface area contributed by atoms with Gasteiger partial charge in [-0.25, -0.2) is 0 Å². The zero-order valence-electron chi connectivity index (χ0n) is 12.2. The second kappa shape index (κ2) is 6.02. The zero-order chi connectivity index (χ0) is 14.9. The summed E-state index contributed by atoms with van der Waals surface area (Å²) >= 11 is 5.93. The van der Waals surface area contributed by atoms with E-state index in [9.17, 15) is 4.79 Å². The van der Waals surface area contributed by atoms with Crippen LogP contribution in [0, 0.1) is 5.92 Å². The molecule has 1 aromatic carbocycles. The Morgan fingerprint density at radius 3 is 2.80 bits per heavy atom. The summed E-state index contributed by atoms with van der Waals surface area (Å²) in [5.41, 5.74) is 6.96. The van der Waals surface area contributed by atoms with Crippen LogP contribution in [0.5, 0.6) is 0 Å². The third-order valence-electron chi connectivity index (χ3n) is 3.98. The van der Waals surface area contributed by atoms with Gasteiger partial charge in [0.25, 0.3) is 0 Å². The molecule has 1 fully saturated rings. The Bertz CT molecular complexity index is 506. The summed E-state index contributed by atoms with van der Waals surface area (Å²) in [4.78, 5) is 14.6. The Kier molecular flexibility index (Phi) is 4.55. The molecule has 1 aliphatic heterocycles. The van der Waals surface area contributed by atoms with Crippen LogP contribution in [0.3, 0.4) is 0 Å². The number of halogens is 1. The van der Waals surface area contributed by atoms with Crippen molar-refractivity contribution in [2.75, 3.05) is 17.6 Å². The standard InChI is InChI=1S/C15H22ClN3O/c1-9-6-10(2)19(8-9)11(3)15(20)18-14-7-12(16)4-5-13(14)17/h4-5,7,9-11H,6,8,17H2,1-3H3,(H,18,20). The number of nitrogen functional groups attached to an aromatic ring is 1. The first-order valence-electron chi connectivity index (χ1n) is 7.00. The Labute approximate surface area is 125 Å². The number of nitrogens with zero attached hydrogens (tertiary/aromatic N) is 1. The van der Waals surface area contributed by atoms with Gasteiger partial charge in [0.05, 0.1) is 17.4 Å². The van der Waals surface area contributed by atoms with Crippen LogP contribution in [0.1, 0.15) is 27.2 Å². The second-order valence-corrected chi connectivity index (χ2v) is 6.22. The number of carbonyl (C=O) groups excluding carboxylic acids is 1. The monoisotopic (exact) mass is 295 g/mol. The van der Waals surface area contributed by atoms with E-state index in [4.69, 9.17) is 17.3 Å². The maximum atomic E-state index is 12.4. The number of nitrogens with two attached hydrogens (primary N) is 1. The van der Waals surface area contributed by atoms with Crippen LogP contribution in [0.25, 0.3) is 0 Å². The van der Waals surface area contributed by atoms with Gasteiger partial charge in [-0.2, -0.15) is 0 Å². The highest BCUT2D eigenvalue weighted by Gasteiger charge is 2.32. The number of nitrogens with one attached hydrogen (secondary N) is 1. The van der Waals surface area contributed by atoms with E-state index in [0.29, 0.717) is 28.4 Å². The van der Waals surface area contributed by atoms with E-state index >= 15 is 0 Å². The molecule has 4 nitrogen and oxygen atoms in total. The number of carbonyl (C=O) groups is 1. The Hall–Kier alpha value is -1.26. The van der Waals surface area contributed by atoms with Crippen LogP contribution in [-0.2, 0) is 4.79 Å².